The maximum atomic E-state index is 11.8. The average molecular weight is 313 g/mol. The second kappa shape index (κ2) is 5.83. The van der Waals surface area contributed by atoms with Crippen molar-refractivity contribution in [2.75, 3.05) is 0 Å². The summed E-state index contributed by atoms with van der Waals surface area (Å²) in [5.41, 5.74) is 2.71. The molecule has 1 rings (SSSR count). The molecule has 0 bridgehead atoms. The Morgan fingerprint density at radius 2 is 1.90 bits per heavy atom. The number of hydrogen-bond acceptors (Lipinski definition) is 2. The summed E-state index contributed by atoms with van der Waals surface area (Å²) in [7, 11) is -5.05. The molecular formula is C15H24O3SSi. The second-order valence-electron chi connectivity index (χ2n) is 6.49. The number of allylic oxidation sites excluding steroid dienone is 1. The second-order valence-corrected chi connectivity index (χ2v) is 11.0. The molecule has 20 heavy (non-hydrogen) atoms. The lowest BCUT2D eigenvalue weighted by Crippen LogP contribution is -2.32. The molecule has 0 spiro atoms. The van der Waals surface area contributed by atoms with Crippen LogP contribution >= 0.6 is 0 Å². The van der Waals surface area contributed by atoms with Crippen LogP contribution in [-0.2, 0) is 16.5 Å². The minimum atomic E-state index is -4.21. The van der Waals surface area contributed by atoms with Gasteiger partial charge in [0.25, 0.3) is 10.1 Å². The Morgan fingerprint density at radius 1 is 1.35 bits per heavy atom. The van der Waals surface area contributed by atoms with Crippen molar-refractivity contribution in [1.82, 2.24) is 0 Å². The first-order valence-electron chi connectivity index (χ1n) is 6.67. The highest BCUT2D eigenvalue weighted by Gasteiger charge is 2.26. The summed E-state index contributed by atoms with van der Waals surface area (Å²) >= 11 is 0. The zero-order valence-corrected chi connectivity index (χ0v) is 15.2. The van der Waals surface area contributed by atoms with Crippen molar-refractivity contribution in [3.05, 3.63) is 35.4 Å². The number of rotatable bonds is 4. The number of aryl methyl sites for hydroxylation is 1. The topological polar surface area (TPSA) is 54.4 Å². The molecule has 0 unspecified atom stereocenters. The van der Waals surface area contributed by atoms with E-state index >= 15 is 0 Å². The van der Waals surface area contributed by atoms with Gasteiger partial charge < -0.3 is 0 Å². The maximum absolute atomic E-state index is 11.8. The molecule has 0 saturated heterocycles. The molecular weight excluding hydrogens is 288 g/mol. The van der Waals surface area contributed by atoms with Crippen molar-refractivity contribution >= 4 is 24.8 Å². The van der Waals surface area contributed by atoms with Crippen LogP contribution in [0.25, 0.3) is 0 Å². The van der Waals surface area contributed by atoms with E-state index in [4.69, 9.17) is 0 Å². The highest BCUT2D eigenvalue weighted by molar-refractivity contribution is 7.86. The molecule has 0 atom stereocenters. The maximum Gasteiger partial charge on any atom is 0.294 e. The molecule has 0 amide bonds. The predicted octanol–water partition coefficient (Wildman–Crippen LogP) is 2.29. The molecule has 112 valence electrons. The molecule has 3 nitrogen and oxygen atoms in total. The van der Waals surface area contributed by atoms with E-state index < -0.39 is 19.6 Å². The van der Waals surface area contributed by atoms with Crippen LogP contribution in [0.2, 0.25) is 5.04 Å². The highest BCUT2D eigenvalue weighted by Crippen LogP contribution is 2.25. The van der Waals surface area contributed by atoms with Gasteiger partial charge in [0.2, 0.25) is 0 Å². The molecule has 0 aromatic heterocycles. The van der Waals surface area contributed by atoms with Crippen molar-refractivity contribution in [2.45, 2.75) is 51.0 Å². The van der Waals surface area contributed by atoms with E-state index in [-0.39, 0.29) is 9.93 Å². The monoisotopic (exact) mass is 312 g/mol. The zero-order valence-electron chi connectivity index (χ0n) is 12.9. The van der Waals surface area contributed by atoms with Crippen molar-refractivity contribution in [3.8, 4) is 0 Å². The largest absolute Gasteiger partial charge is 0.294 e. The Morgan fingerprint density at radius 3 is 2.30 bits per heavy atom. The van der Waals surface area contributed by atoms with E-state index in [1.165, 1.54) is 0 Å². The molecule has 5 heteroatoms. The quantitative estimate of drug-likeness (QED) is 0.527. The lowest BCUT2D eigenvalue weighted by Gasteiger charge is -2.23. The standard InChI is InChI=1S/C15H24O3SSi/c1-7-8-12-9-10(2)11(3)14(20-15(4,5)6)13(12)19(16,17)18/h7,9H,1,8,20H2,2-6H3,(H,16,17,18). The first kappa shape index (κ1) is 17.1. The van der Waals surface area contributed by atoms with E-state index in [1.807, 2.05) is 19.9 Å². The van der Waals surface area contributed by atoms with Gasteiger partial charge in [0.1, 0.15) is 0 Å². The summed E-state index contributed by atoms with van der Waals surface area (Å²) in [6, 6.07) is 1.85. The van der Waals surface area contributed by atoms with E-state index in [0.29, 0.717) is 12.0 Å². The van der Waals surface area contributed by atoms with Gasteiger partial charge in [0, 0.05) is 0 Å². The molecule has 0 saturated carbocycles. The van der Waals surface area contributed by atoms with E-state index in [0.717, 1.165) is 16.3 Å². The molecule has 1 aromatic carbocycles. The fourth-order valence-electron chi connectivity index (χ4n) is 2.41. The molecule has 0 radical (unpaired) electrons. The van der Waals surface area contributed by atoms with Gasteiger partial charge in [0.05, 0.1) is 14.4 Å². The van der Waals surface area contributed by atoms with E-state index in [2.05, 4.69) is 27.4 Å². The van der Waals surface area contributed by atoms with E-state index in [1.54, 1.807) is 6.08 Å². The number of hydrogen-bond donors (Lipinski definition) is 1. The van der Waals surface area contributed by atoms with Crippen LogP contribution in [-0.4, -0.2) is 22.5 Å². The fraction of sp³-hybridized carbons (Fsp3) is 0.467. The van der Waals surface area contributed by atoms with Gasteiger partial charge in [-0.1, -0.05) is 32.9 Å². The van der Waals surface area contributed by atoms with Gasteiger partial charge in [-0.25, -0.2) is 0 Å². The van der Waals surface area contributed by atoms with Crippen LogP contribution < -0.4 is 5.19 Å². The molecule has 0 fully saturated rings. The average Bonchev–Trinajstić information content (AvgIpc) is 2.21. The smallest absolute Gasteiger partial charge is 0.282 e. The van der Waals surface area contributed by atoms with Crippen LogP contribution in [0.1, 0.15) is 37.5 Å². The van der Waals surface area contributed by atoms with E-state index in [9.17, 15) is 13.0 Å². The predicted molar refractivity (Wildman–Crippen MR) is 87.5 cm³/mol. The Kier molecular flexibility index (Phi) is 5.00. The van der Waals surface area contributed by atoms with Crippen LogP contribution in [0.5, 0.6) is 0 Å². The van der Waals surface area contributed by atoms with Crippen molar-refractivity contribution < 1.29 is 13.0 Å². The Balaban J connectivity index is 3.72. The highest BCUT2D eigenvalue weighted by atomic mass is 32.2. The Hall–Kier alpha value is -0.913. The lowest BCUT2D eigenvalue weighted by molar-refractivity contribution is 0.483. The first-order valence-corrected chi connectivity index (χ1v) is 9.53. The summed E-state index contributed by atoms with van der Waals surface area (Å²) in [4.78, 5) is 0.127. The van der Waals surface area contributed by atoms with Crippen molar-refractivity contribution in [2.24, 2.45) is 0 Å². The van der Waals surface area contributed by atoms with Crippen molar-refractivity contribution in [3.63, 3.8) is 0 Å². The van der Waals surface area contributed by atoms with Gasteiger partial charge in [-0.05, 0) is 47.2 Å². The van der Waals surface area contributed by atoms with Crippen LogP contribution in [0.15, 0.2) is 23.6 Å². The molecule has 1 aromatic rings. The molecule has 1 N–H and O–H groups in total. The molecule has 0 aliphatic rings. The van der Waals surface area contributed by atoms with Crippen LogP contribution in [0.4, 0.5) is 0 Å². The summed E-state index contributed by atoms with van der Waals surface area (Å²) in [6.45, 7) is 13.9. The summed E-state index contributed by atoms with van der Waals surface area (Å²) < 4.78 is 33.3. The van der Waals surface area contributed by atoms with Crippen LogP contribution in [0, 0.1) is 13.8 Å². The van der Waals surface area contributed by atoms with Gasteiger partial charge >= 0.3 is 0 Å². The molecule has 0 aliphatic carbocycles. The van der Waals surface area contributed by atoms with Gasteiger partial charge in [-0.2, -0.15) is 8.42 Å². The third-order valence-electron chi connectivity index (χ3n) is 3.33. The SMILES string of the molecule is C=CCc1cc(C)c(C)c([SiH2]C(C)(C)C)c1S(=O)(=O)O. The van der Waals surface area contributed by atoms with Crippen molar-refractivity contribution in [1.29, 1.82) is 0 Å². The minimum absolute atomic E-state index is 0.0729. The first-order chi connectivity index (χ1) is 8.97. The summed E-state index contributed by atoms with van der Waals surface area (Å²) in [5.74, 6) is 0. The molecule has 0 heterocycles. The zero-order chi connectivity index (χ0) is 15.7. The van der Waals surface area contributed by atoms with Crippen LogP contribution in [0.3, 0.4) is 0 Å². The lowest BCUT2D eigenvalue weighted by atomic mass is 10.0. The fourth-order valence-corrected chi connectivity index (χ4v) is 6.10. The van der Waals surface area contributed by atoms with Gasteiger partial charge in [-0.15, -0.1) is 6.58 Å². The third-order valence-corrected chi connectivity index (χ3v) is 6.91. The third kappa shape index (κ3) is 4.04. The Labute approximate surface area is 124 Å². The normalized spacial score (nSPS) is 13.1. The summed E-state index contributed by atoms with van der Waals surface area (Å²) in [5, 5.41) is 0.931. The number of benzene rings is 1. The Bertz CT molecular complexity index is 625. The van der Waals surface area contributed by atoms with Gasteiger partial charge in [0.15, 0.2) is 0 Å². The molecule has 0 aliphatic heterocycles. The summed E-state index contributed by atoms with van der Waals surface area (Å²) in [6.07, 6.45) is 2.11. The minimum Gasteiger partial charge on any atom is -0.282 e. The van der Waals surface area contributed by atoms with Gasteiger partial charge in [-0.3, -0.25) is 4.55 Å².